The van der Waals surface area contributed by atoms with Crippen molar-refractivity contribution in [3.05, 3.63) is 61.5 Å². The molecular weight excluding hydrogens is 404 g/mol. The lowest BCUT2D eigenvalue weighted by Gasteiger charge is -2.15. The minimum atomic E-state index is -0.412. The molecule has 0 radical (unpaired) electrons. The maximum atomic E-state index is 13.0. The monoisotopic (exact) mass is 428 g/mol. The van der Waals surface area contributed by atoms with Gasteiger partial charge in [-0.2, -0.15) is 0 Å². The summed E-state index contributed by atoms with van der Waals surface area (Å²) >= 11 is 5.40. The van der Waals surface area contributed by atoms with Crippen molar-refractivity contribution in [1.82, 2.24) is 18.5 Å². The van der Waals surface area contributed by atoms with Gasteiger partial charge < -0.3 is 4.74 Å². The van der Waals surface area contributed by atoms with Gasteiger partial charge in [0.2, 0.25) is 11.6 Å². The molecule has 0 unspecified atom stereocenters. The first kappa shape index (κ1) is 21.4. The number of ether oxygens (including phenoxy) is 1. The lowest BCUT2D eigenvalue weighted by Crippen LogP contribution is -2.25. The molecule has 2 aromatic heterocycles. The third-order valence-corrected chi connectivity index (χ3v) is 5.40. The van der Waals surface area contributed by atoms with E-state index in [9.17, 15) is 9.59 Å². The Morgan fingerprint density at radius 1 is 0.967 bits per heavy atom. The van der Waals surface area contributed by atoms with E-state index < -0.39 is 5.56 Å². The Labute approximate surface area is 178 Å². The van der Waals surface area contributed by atoms with E-state index in [1.54, 1.807) is 23.2 Å². The number of azo groups is 1. The van der Waals surface area contributed by atoms with Crippen LogP contribution in [-0.4, -0.2) is 25.6 Å². The number of nitrogens with zero attached hydrogens (tertiary/aromatic N) is 6. The Kier molecular flexibility index (Phi) is 6.16. The molecule has 0 spiro atoms. The number of aromatic nitrogens is 4. The van der Waals surface area contributed by atoms with Crippen molar-refractivity contribution in [2.75, 3.05) is 7.11 Å². The number of benzene rings is 1. The summed E-state index contributed by atoms with van der Waals surface area (Å²) in [5.41, 5.74) is 0.734. The Bertz CT molecular complexity index is 1280. The highest BCUT2D eigenvalue weighted by Gasteiger charge is 2.19. The fourth-order valence-electron chi connectivity index (χ4n) is 3.29. The van der Waals surface area contributed by atoms with Gasteiger partial charge in [-0.15, -0.1) is 10.2 Å². The van der Waals surface area contributed by atoms with Crippen LogP contribution < -0.4 is 15.9 Å². The number of methoxy groups -OCH3 is 1. The van der Waals surface area contributed by atoms with Crippen LogP contribution in [-0.2, 0) is 20.1 Å². The third-order valence-electron chi connectivity index (χ3n) is 4.96. The highest BCUT2D eigenvalue weighted by atomic mass is 32.1. The van der Waals surface area contributed by atoms with Gasteiger partial charge in [0.15, 0.2) is 10.5 Å². The van der Waals surface area contributed by atoms with Gasteiger partial charge in [-0.25, -0.2) is 4.68 Å². The molecule has 9 nitrogen and oxygen atoms in total. The van der Waals surface area contributed by atoms with Crippen LogP contribution >= 0.6 is 12.2 Å². The van der Waals surface area contributed by atoms with Gasteiger partial charge in [-0.05, 0) is 45.1 Å². The van der Waals surface area contributed by atoms with Gasteiger partial charge in [0, 0.05) is 20.1 Å². The average Bonchev–Trinajstić information content (AvgIpc) is 2.96. The molecule has 0 saturated carbocycles. The van der Waals surface area contributed by atoms with Crippen molar-refractivity contribution in [3.8, 4) is 11.6 Å². The summed E-state index contributed by atoms with van der Waals surface area (Å²) in [6.07, 6.45) is 0. The smallest absolute Gasteiger partial charge is 0.299 e. The highest BCUT2D eigenvalue weighted by molar-refractivity contribution is 7.71. The van der Waals surface area contributed by atoms with E-state index in [1.165, 1.54) is 16.4 Å². The summed E-state index contributed by atoms with van der Waals surface area (Å²) < 4.78 is 12.1. The molecule has 10 heteroatoms. The molecule has 3 rings (SSSR count). The highest BCUT2D eigenvalue weighted by Crippen LogP contribution is 2.26. The molecule has 0 aliphatic rings. The minimum Gasteiger partial charge on any atom is -0.480 e. The second-order valence-electron chi connectivity index (χ2n) is 6.54. The van der Waals surface area contributed by atoms with E-state index in [4.69, 9.17) is 17.0 Å². The van der Waals surface area contributed by atoms with Gasteiger partial charge in [0.1, 0.15) is 0 Å². The average molecular weight is 429 g/mol. The van der Waals surface area contributed by atoms with E-state index in [1.807, 2.05) is 44.2 Å². The number of hydrogen-bond donors (Lipinski definition) is 0. The molecular formula is C20H24N6O3S. The molecule has 0 aliphatic carbocycles. The van der Waals surface area contributed by atoms with Crippen LogP contribution in [0.25, 0.3) is 5.69 Å². The van der Waals surface area contributed by atoms with Crippen LogP contribution in [0.5, 0.6) is 5.88 Å². The molecule has 0 fully saturated rings. The fourth-order valence-corrected chi connectivity index (χ4v) is 3.71. The van der Waals surface area contributed by atoms with Crippen LogP contribution in [0.1, 0.15) is 19.5 Å². The number of para-hydroxylation sites is 1. The summed E-state index contributed by atoms with van der Waals surface area (Å²) in [6, 6.07) is 9.24. The van der Waals surface area contributed by atoms with Crippen LogP contribution in [0.4, 0.5) is 11.4 Å². The largest absolute Gasteiger partial charge is 0.480 e. The summed E-state index contributed by atoms with van der Waals surface area (Å²) in [7, 11) is 3.21. The second-order valence-corrected chi connectivity index (χ2v) is 6.91. The van der Waals surface area contributed by atoms with Crippen molar-refractivity contribution in [2.24, 2.45) is 17.3 Å². The number of hydrogen-bond acceptors (Lipinski definition) is 6. The zero-order chi connectivity index (χ0) is 22.0. The van der Waals surface area contributed by atoms with Crippen LogP contribution in [0.3, 0.4) is 0 Å². The van der Waals surface area contributed by atoms with Gasteiger partial charge in [-0.1, -0.05) is 18.2 Å². The molecule has 1 aromatic carbocycles. The zero-order valence-electron chi connectivity index (χ0n) is 17.6. The molecule has 30 heavy (non-hydrogen) atoms. The molecule has 0 saturated heterocycles. The summed E-state index contributed by atoms with van der Waals surface area (Å²) in [5.74, 6) is 0.220. The lowest BCUT2D eigenvalue weighted by atomic mass is 10.3. The molecule has 0 atom stereocenters. The van der Waals surface area contributed by atoms with E-state index in [2.05, 4.69) is 10.2 Å². The first-order valence-corrected chi connectivity index (χ1v) is 9.95. The molecule has 2 heterocycles. The first-order chi connectivity index (χ1) is 14.4. The Morgan fingerprint density at radius 2 is 1.57 bits per heavy atom. The molecule has 0 N–H and O–H groups in total. The maximum absolute atomic E-state index is 13.0. The van der Waals surface area contributed by atoms with Crippen molar-refractivity contribution in [2.45, 2.75) is 33.9 Å². The van der Waals surface area contributed by atoms with Crippen LogP contribution in [0.2, 0.25) is 0 Å². The second kappa shape index (κ2) is 8.62. The normalized spacial score (nSPS) is 11.4. The third kappa shape index (κ3) is 3.43. The predicted octanol–water partition coefficient (Wildman–Crippen LogP) is 3.64. The minimum absolute atomic E-state index is 0.00344. The SMILES string of the molecule is CCn1c(OC)c(N=Nc2c(C)n(C)n(-c3ccccc3)c2=O)c(=O)n(CC)c1=S. The fraction of sp³-hybridized carbons (Fsp3) is 0.350. The van der Waals surface area contributed by atoms with Crippen molar-refractivity contribution >= 4 is 23.6 Å². The van der Waals surface area contributed by atoms with E-state index in [-0.39, 0.29) is 22.8 Å². The standard InChI is InChI=1S/C20H24N6O3S/c1-6-24-17(27)16(19(29-5)25(7-2)20(24)30)22-21-15-13(3)23(4)26(18(15)28)14-11-9-8-10-12-14/h8-12H,6-7H2,1-5H3. The molecule has 158 valence electrons. The van der Waals surface area contributed by atoms with Gasteiger partial charge >= 0.3 is 0 Å². The maximum Gasteiger partial charge on any atom is 0.299 e. The quantitative estimate of drug-likeness (QED) is 0.443. The van der Waals surface area contributed by atoms with Gasteiger partial charge in [0.05, 0.1) is 18.5 Å². The van der Waals surface area contributed by atoms with E-state index in [0.717, 1.165) is 0 Å². The lowest BCUT2D eigenvalue weighted by molar-refractivity contribution is 0.362. The van der Waals surface area contributed by atoms with Gasteiger partial charge in [-0.3, -0.25) is 23.4 Å². The summed E-state index contributed by atoms with van der Waals surface area (Å²) in [4.78, 5) is 25.9. The van der Waals surface area contributed by atoms with Crippen LogP contribution in [0.15, 0.2) is 50.1 Å². The van der Waals surface area contributed by atoms with Gasteiger partial charge in [0.25, 0.3) is 11.1 Å². The molecule has 3 aromatic rings. The van der Waals surface area contributed by atoms with Crippen molar-refractivity contribution in [1.29, 1.82) is 0 Å². The van der Waals surface area contributed by atoms with E-state index >= 15 is 0 Å². The van der Waals surface area contributed by atoms with Crippen molar-refractivity contribution < 1.29 is 4.74 Å². The first-order valence-electron chi connectivity index (χ1n) is 9.54. The summed E-state index contributed by atoms with van der Waals surface area (Å²) in [6.45, 7) is 6.37. The summed E-state index contributed by atoms with van der Waals surface area (Å²) in [5, 5.41) is 8.31. The Morgan fingerprint density at radius 3 is 2.13 bits per heavy atom. The number of rotatable bonds is 6. The zero-order valence-corrected chi connectivity index (χ0v) is 18.4. The Balaban J connectivity index is 2.22. The molecule has 0 amide bonds. The molecule has 0 aliphatic heterocycles. The van der Waals surface area contributed by atoms with Crippen LogP contribution in [0, 0.1) is 11.7 Å². The Hall–Kier alpha value is -3.27. The molecule has 0 bridgehead atoms. The topological polar surface area (TPSA) is 87.8 Å². The predicted molar refractivity (Wildman–Crippen MR) is 117 cm³/mol. The van der Waals surface area contributed by atoms with E-state index in [0.29, 0.717) is 29.2 Å². The van der Waals surface area contributed by atoms with Crippen molar-refractivity contribution in [3.63, 3.8) is 0 Å².